The van der Waals surface area contributed by atoms with Crippen LogP contribution in [0.5, 0.6) is 0 Å². The van der Waals surface area contributed by atoms with E-state index in [0.717, 1.165) is 11.3 Å². The number of hydrogen-bond donors (Lipinski definition) is 2. The van der Waals surface area contributed by atoms with E-state index in [1.54, 1.807) is 17.0 Å². The standard InChI is InChI=1S/C19H17Cl2N5O2S/c1-11-3-5-14(7-12(11)2)26-10-22-25-19(26)29-9-17(27)23-24-18(28)15-8-13(20)4-6-16(15)21/h3-8,10H,9H2,1-2H3,(H,23,27)(H,24,28). The zero-order valence-electron chi connectivity index (χ0n) is 15.6. The van der Waals surface area contributed by atoms with E-state index in [0.29, 0.717) is 10.2 Å². The molecule has 0 aliphatic heterocycles. The van der Waals surface area contributed by atoms with E-state index >= 15 is 0 Å². The van der Waals surface area contributed by atoms with E-state index in [2.05, 4.69) is 21.0 Å². The van der Waals surface area contributed by atoms with Crippen LogP contribution in [0, 0.1) is 13.8 Å². The topological polar surface area (TPSA) is 88.9 Å². The highest BCUT2D eigenvalue weighted by atomic mass is 35.5. The Morgan fingerprint density at radius 1 is 1.07 bits per heavy atom. The maximum Gasteiger partial charge on any atom is 0.271 e. The van der Waals surface area contributed by atoms with Gasteiger partial charge < -0.3 is 0 Å². The van der Waals surface area contributed by atoms with Gasteiger partial charge in [0.15, 0.2) is 5.16 Å². The van der Waals surface area contributed by atoms with Gasteiger partial charge in [0.1, 0.15) is 6.33 Å². The number of amides is 2. The first kappa shape index (κ1) is 21.2. The van der Waals surface area contributed by atoms with E-state index in [4.69, 9.17) is 23.2 Å². The second-order valence-corrected chi connectivity index (χ2v) is 7.95. The van der Waals surface area contributed by atoms with Crippen LogP contribution in [0.2, 0.25) is 10.0 Å². The molecule has 0 unspecified atom stereocenters. The SMILES string of the molecule is Cc1ccc(-n2cnnc2SCC(=O)NNC(=O)c2cc(Cl)ccc2Cl)cc1C. The fourth-order valence-corrected chi connectivity index (χ4v) is 3.51. The van der Waals surface area contributed by atoms with Gasteiger partial charge in [-0.1, -0.05) is 41.0 Å². The Balaban J connectivity index is 1.58. The van der Waals surface area contributed by atoms with Crippen molar-refractivity contribution in [2.24, 2.45) is 0 Å². The Hall–Kier alpha value is -2.55. The molecule has 2 aromatic carbocycles. The minimum Gasteiger partial charge on any atom is -0.277 e. The number of aromatic nitrogens is 3. The fraction of sp³-hybridized carbons (Fsp3) is 0.158. The zero-order chi connectivity index (χ0) is 21.0. The molecular formula is C19H17Cl2N5O2S. The van der Waals surface area contributed by atoms with Crippen LogP contribution in [0.3, 0.4) is 0 Å². The van der Waals surface area contributed by atoms with Crippen LogP contribution in [-0.2, 0) is 4.79 Å². The van der Waals surface area contributed by atoms with Gasteiger partial charge >= 0.3 is 0 Å². The summed E-state index contributed by atoms with van der Waals surface area (Å²) in [6, 6.07) is 10.5. The normalized spacial score (nSPS) is 10.6. The van der Waals surface area contributed by atoms with Gasteiger partial charge in [-0.15, -0.1) is 10.2 Å². The van der Waals surface area contributed by atoms with Gasteiger partial charge in [-0.2, -0.15) is 0 Å². The van der Waals surface area contributed by atoms with Crippen molar-refractivity contribution in [3.63, 3.8) is 0 Å². The number of carbonyl (C=O) groups is 2. The first-order valence-corrected chi connectivity index (χ1v) is 10.2. The predicted octanol–water partition coefficient (Wildman–Crippen LogP) is 3.74. The number of hydrogen-bond acceptors (Lipinski definition) is 5. The second-order valence-electron chi connectivity index (χ2n) is 6.17. The average molecular weight is 450 g/mol. The van der Waals surface area contributed by atoms with Gasteiger partial charge in [0.05, 0.1) is 16.3 Å². The number of hydrazine groups is 1. The van der Waals surface area contributed by atoms with Gasteiger partial charge in [-0.05, 0) is 55.3 Å². The van der Waals surface area contributed by atoms with Gasteiger partial charge in [-0.25, -0.2) is 0 Å². The summed E-state index contributed by atoms with van der Waals surface area (Å²) in [5.74, 6) is -0.933. The van der Waals surface area contributed by atoms with Crippen molar-refractivity contribution in [1.29, 1.82) is 0 Å². The minimum atomic E-state index is -0.561. The molecule has 0 radical (unpaired) electrons. The van der Waals surface area contributed by atoms with E-state index in [9.17, 15) is 9.59 Å². The number of benzene rings is 2. The molecule has 7 nitrogen and oxygen atoms in total. The van der Waals surface area contributed by atoms with Crippen molar-refractivity contribution in [1.82, 2.24) is 25.6 Å². The van der Waals surface area contributed by atoms with E-state index in [1.807, 2.05) is 32.0 Å². The molecule has 0 spiro atoms. The summed E-state index contributed by atoms with van der Waals surface area (Å²) in [5.41, 5.74) is 8.07. The molecule has 2 N–H and O–H groups in total. The third kappa shape index (κ3) is 5.29. The lowest BCUT2D eigenvalue weighted by Crippen LogP contribution is -2.42. The van der Waals surface area contributed by atoms with Crippen LogP contribution in [0.15, 0.2) is 47.9 Å². The van der Waals surface area contributed by atoms with Crippen LogP contribution in [0.1, 0.15) is 21.5 Å². The molecule has 0 aliphatic rings. The Kier molecular flexibility index (Phi) is 6.79. The van der Waals surface area contributed by atoms with Crippen molar-refractivity contribution < 1.29 is 9.59 Å². The monoisotopic (exact) mass is 449 g/mol. The largest absolute Gasteiger partial charge is 0.277 e. The number of halogens is 2. The highest BCUT2D eigenvalue weighted by molar-refractivity contribution is 7.99. The number of carbonyl (C=O) groups excluding carboxylic acids is 2. The highest BCUT2D eigenvalue weighted by Crippen LogP contribution is 2.22. The molecular weight excluding hydrogens is 433 g/mol. The maximum absolute atomic E-state index is 12.2. The molecule has 29 heavy (non-hydrogen) atoms. The summed E-state index contributed by atoms with van der Waals surface area (Å²) in [6.45, 7) is 4.06. The Labute approximate surface area is 181 Å². The lowest BCUT2D eigenvalue weighted by molar-refractivity contribution is -0.119. The molecule has 3 aromatic rings. The molecule has 150 valence electrons. The van der Waals surface area contributed by atoms with Gasteiger partial charge in [0, 0.05) is 10.7 Å². The average Bonchev–Trinajstić information content (AvgIpc) is 3.17. The maximum atomic E-state index is 12.2. The molecule has 10 heteroatoms. The Morgan fingerprint density at radius 2 is 1.86 bits per heavy atom. The fourth-order valence-electron chi connectivity index (χ4n) is 2.41. The molecule has 0 bridgehead atoms. The third-order valence-corrected chi connectivity index (χ3v) is 5.61. The summed E-state index contributed by atoms with van der Waals surface area (Å²) in [6.07, 6.45) is 1.59. The smallest absolute Gasteiger partial charge is 0.271 e. The quantitative estimate of drug-likeness (QED) is 0.457. The van der Waals surface area contributed by atoms with Crippen molar-refractivity contribution in [2.45, 2.75) is 19.0 Å². The van der Waals surface area contributed by atoms with E-state index in [-0.39, 0.29) is 16.3 Å². The molecule has 1 aromatic heterocycles. The number of thioether (sulfide) groups is 1. The molecule has 3 rings (SSSR count). The highest BCUT2D eigenvalue weighted by Gasteiger charge is 2.14. The molecule has 1 heterocycles. The number of aryl methyl sites for hydroxylation is 2. The van der Waals surface area contributed by atoms with Crippen molar-refractivity contribution in [3.05, 3.63) is 69.5 Å². The summed E-state index contributed by atoms with van der Waals surface area (Å²) in [5, 5.41) is 9.14. The van der Waals surface area contributed by atoms with Crippen LogP contribution < -0.4 is 10.9 Å². The number of rotatable bonds is 5. The van der Waals surface area contributed by atoms with Gasteiger partial charge in [0.2, 0.25) is 5.91 Å². The summed E-state index contributed by atoms with van der Waals surface area (Å²) >= 11 is 13.0. The van der Waals surface area contributed by atoms with Crippen LogP contribution in [0.25, 0.3) is 5.69 Å². The van der Waals surface area contributed by atoms with Crippen LogP contribution >= 0.6 is 35.0 Å². The Morgan fingerprint density at radius 3 is 2.62 bits per heavy atom. The molecule has 0 saturated heterocycles. The van der Waals surface area contributed by atoms with Crippen LogP contribution in [-0.4, -0.2) is 32.3 Å². The Bertz CT molecular complexity index is 1070. The zero-order valence-corrected chi connectivity index (χ0v) is 17.9. The first-order valence-electron chi connectivity index (χ1n) is 8.50. The van der Waals surface area contributed by atoms with Gasteiger partial charge in [0.25, 0.3) is 5.91 Å². The molecule has 0 atom stereocenters. The third-order valence-electron chi connectivity index (χ3n) is 4.11. The van der Waals surface area contributed by atoms with Crippen molar-refractivity contribution >= 4 is 46.8 Å². The lowest BCUT2D eigenvalue weighted by Gasteiger charge is -2.10. The van der Waals surface area contributed by atoms with E-state index in [1.165, 1.54) is 29.5 Å². The van der Waals surface area contributed by atoms with Gasteiger partial charge in [-0.3, -0.25) is 25.0 Å². The predicted molar refractivity (Wildman–Crippen MR) is 114 cm³/mol. The molecule has 0 saturated carbocycles. The summed E-state index contributed by atoms with van der Waals surface area (Å²) in [4.78, 5) is 24.3. The molecule has 0 fully saturated rings. The molecule has 2 amide bonds. The van der Waals surface area contributed by atoms with Crippen LogP contribution in [0.4, 0.5) is 0 Å². The van der Waals surface area contributed by atoms with Crippen molar-refractivity contribution in [3.8, 4) is 5.69 Å². The number of nitrogens with zero attached hydrogens (tertiary/aromatic N) is 3. The number of nitrogens with one attached hydrogen (secondary N) is 2. The minimum absolute atomic E-state index is 0.0348. The molecule has 0 aliphatic carbocycles. The lowest BCUT2D eigenvalue weighted by atomic mass is 10.1. The van der Waals surface area contributed by atoms with Crippen molar-refractivity contribution in [2.75, 3.05) is 5.75 Å². The van der Waals surface area contributed by atoms with E-state index < -0.39 is 11.8 Å². The summed E-state index contributed by atoms with van der Waals surface area (Å²) in [7, 11) is 0. The first-order chi connectivity index (χ1) is 13.8. The second kappa shape index (κ2) is 9.30. The summed E-state index contributed by atoms with van der Waals surface area (Å²) < 4.78 is 1.80.